The lowest BCUT2D eigenvalue weighted by molar-refractivity contribution is 0.192. The minimum atomic E-state index is 0.391. The second-order valence-corrected chi connectivity index (χ2v) is 7.12. The Morgan fingerprint density at radius 2 is 1.96 bits per heavy atom. The van der Waals surface area contributed by atoms with E-state index in [0.29, 0.717) is 5.92 Å². The van der Waals surface area contributed by atoms with Crippen molar-refractivity contribution in [1.82, 2.24) is 19.9 Å². The lowest BCUT2D eigenvalue weighted by atomic mass is 9.97. The van der Waals surface area contributed by atoms with Crippen LogP contribution in [0.4, 0.5) is 0 Å². The van der Waals surface area contributed by atoms with E-state index in [-0.39, 0.29) is 0 Å². The number of imidazole rings is 1. The number of benzene rings is 1. The molecule has 6 nitrogen and oxygen atoms in total. The third-order valence-corrected chi connectivity index (χ3v) is 5.31. The summed E-state index contributed by atoms with van der Waals surface area (Å²) in [5, 5.41) is 0. The predicted molar refractivity (Wildman–Crippen MR) is 109 cm³/mol. The second kappa shape index (κ2) is 8.44. The molecule has 0 saturated carbocycles. The van der Waals surface area contributed by atoms with E-state index in [9.17, 15) is 0 Å². The molecule has 3 aromatic rings. The lowest BCUT2D eigenvalue weighted by Crippen LogP contribution is -2.34. The first-order chi connectivity index (χ1) is 13.8. The summed E-state index contributed by atoms with van der Waals surface area (Å²) in [5.74, 6) is 2.90. The molecule has 0 spiro atoms. The lowest BCUT2D eigenvalue weighted by Gasteiger charge is -2.31. The Hall–Kier alpha value is -2.86. The number of rotatable bonds is 6. The summed E-state index contributed by atoms with van der Waals surface area (Å²) >= 11 is 0. The van der Waals surface area contributed by atoms with Gasteiger partial charge in [-0.25, -0.2) is 4.98 Å². The molecule has 4 rings (SSSR count). The molecule has 2 aromatic heterocycles. The minimum Gasteiger partial charge on any atom is -0.493 e. The first kappa shape index (κ1) is 18.5. The third kappa shape index (κ3) is 3.87. The van der Waals surface area contributed by atoms with Crippen molar-refractivity contribution >= 4 is 0 Å². The maximum absolute atomic E-state index is 5.54. The van der Waals surface area contributed by atoms with Crippen molar-refractivity contribution in [3.63, 3.8) is 0 Å². The molecule has 0 radical (unpaired) electrons. The Balaban J connectivity index is 1.48. The van der Waals surface area contributed by atoms with Crippen LogP contribution in [-0.2, 0) is 6.54 Å². The van der Waals surface area contributed by atoms with Crippen LogP contribution in [0.15, 0.2) is 48.8 Å². The van der Waals surface area contributed by atoms with Gasteiger partial charge < -0.3 is 14.5 Å². The molecule has 0 amide bonds. The molecule has 1 aliphatic rings. The number of hydrogen-bond acceptors (Lipinski definition) is 5. The molecule has 1 aromatic carbocycles. The first-order valence-electron chi connectivity index (χ1n) is 9.67. The number of ether oxygens (including phenoxy) is 2. The van der Waals surface area contributed by atoms with Gasteiger partial charge in [0.25, 0.3) is 0 Å². The normalized spacial score (nSPS) is 17.4. The van der Waals surface area contributed by atoms with Gasteiger partial charge in [-0.3, -0.25) is 9.88 Å². The Kier molecular flexibility index (Phi) is 5.58. The highest BCUT2D eigenvalue weighted by molar-refractivity contribution is 5.58. The van der Waals surface area contributed by atoms with Crippen molar-refractivity contribution in [2.45, 2.75) is 25.3 Å². The molecule has 0 bridgehead atoms. The van der Waals surface area contributed by atoms with Crippen molar-refractivity contribution in [2.75, 3.05) is 27.3 Å². The van der Waals surface area contributed by atoms with Crippen LogP contribution in [0.2, 0.25) is 0 Å². The Labute approximate surface area is 165 Å². The minimum absolute atomic E-state index is 0.391. The van der Waals surface area contributed by atoms with E-state index in [0.717, 1.165) is 61.2 Å². The van der Waals surface area contributed by atoms with Gasteiger partial charge in [0.15, 0.2) is 11.5 Å². The summed E-state index contributed by atoms with van der Waals surface area (Å²) in [5.41, 5.74) is 3.15. The summed E-state index contributed by atoms with van der Waals surface area (Å²) in [6, 6.07) is 12.2. The fourth-order valence-electron chi connectivity index (χ4n) is 3.91. The molecule has 28 heavy (non-hydrogen) atoms. The van der Waals surface area contributed by atoms with E-state index in [1.54, 1.807) is 20.4 Å². The van der Waals surface area contributed by atoms with Gasteiger partial charge in [0.2, 0.25) is 0 Å². The monoisotopic (exact) mass is 378 g/mol. The highest BCUT2D eigenvalue weighted by Gasteiger charge is 2.25. The third-order valence-electron chi connectivity index (χ3n) is 5.31. The zero-order valence-electron chi connectivity index (χ0n) is 16.4. The average Bonchev–Trinajstić information content (AvgIpc) is 3.25. The van der Waals surface area contributed by atoms with Crippen molar-refractivity contribution in [1.29, 1.82) is 0 Å². The van der Waals surface area contributed by atoms with Gasteiger partial charge in [-0.15, -0.1) is 0 Å². The Morgan fingerprint density at radius 3 is 2.75 bits per heavy atom. The van der Waals surface area contributed by atoms with Gasteiger partial charge in [0.05, 0.1) is 26.1 Å². The van der Waals surface area contributed by atoms with Crippen LogP contribution in [0.25, 0.3) is 11.3 Å². The number of aromatic amines is 1. The van der Waals surface area contributed by atoms with Gasteiger partial charge in [-0.05, 0) is 24.9 Å². The van der Waals surface area contributed by atoms with Crippen molar-refractivity contribution in [3.05, 3.63) is 60.3 Å². The van der Waals surface area contributed by atoms with Crippen LogP contribution in [0.1, 0.15) is 30.3 Å². The predicted octanol–water partition coefficient (Wildman–Crippen LogP) is 3.87. The molecule has 0 aliphatic carbocycles. The van der Waals surface area contributed by atoms with Crippen molar-refractivity contribution in [3.8, 4) is 22.8 Å². The number of pyridine rings is 1. The van der Waals surface area contributed by atoms with Crippen LogP contribution in [0.5, 0.6) is 11.5 Å². The Bertz CT molecular complexity index is 910. The summed E-state index contributed by atoms with van der Waals surface area (Å²) < 4.78 is 10.9. The van der Waals surface area contributed by atoms with Crippen LogP contribution in [0, 0.1) is 0 Å². The van der Waals surface area contributed by atoms with Gasteiger partial charge in [-0.2, -0.15) is 0 Å². The van der Waals surface area contributed by atoms with E-state index in [1.165, 1.54) is 5.56 Å². The molecule has 1 unspecified atom stereocenters. The average molecular weight is 378 g/mol. The second-order valence-electron chi connectivity index (χ2n) is 7.12. The number of nitrogens with zero attached hydrogens (tertiary/aromatic N) is 3. The first-order valence-corrected chi connectivity index (χ1v) is 9.67. The molecule has 1 fully saturated rings. The molecular formula is C22H26N4O2. The summed E-state index contributed by atoms with van der Waals surface area (Å²) in [6.07, 6.45) is 5.99. The molecule has 1 aliphatic heterocycles. The smallest absolute Gasteiger partial charge is 0.183 e. The molecule has 6 heteroatoms. The standard InChI is InChI=1S/C22H26N4O2/c1-27-20-10-11-23-19(21(20)28-2)15-26-12-6-9-17(14-26)22-24-13-18(25-22)16-7-4-3-5-8-16/h3-5,7-8,10-11,13,17H,6,9,12,14-15H2,1-2H3,(H,24,25). The molecule has 1 saturated heterocycles. The number of methoxy groups -OCH3 is 2. The highest BCUT2D eigenvalue weighted by atomic mass is 16.5. The van der Waals surface area contributed by atoms with Crippen molar-refractivity contribution < 1.29 is 9.47 Å². The zero-order valence-corrected chi connectivity index (χ0v) is 16.4. The van der Waals surface area contributed by atoms with E-state index in [2.05, 4.69) is 32.0 Å². The van der Waals surface area contributed by atoms with Crippen LogP contribution in [-0.4, -0.2) is 47.2 Å². The quantitative estimate of drug-likeness (QED) is 0.705. The SMILES string of the molecule is COc1ccnc(CN2CCCC(c3ncc(-c4ccccc4)[nH]3)C2)c1OC. The number of likely N-dealkylation sites (tertiary alicyclic amines) is 1. The maximum atomic E-state index is 5.54. The molecule has 3 heterocycles. The van der Waals surface area contributed by atoms with E-state index < -0.39 is 0 Å². The number of nitrogens with one attached hydrogen (secondary N) is 1. The van der Waals surface area contributed by atoms with Gasteiger partial charge >= 0.3 is 0 Å². The van der Waals surface area contributed by atoms with Gasteiger partial charge in [0, 0.05) is 31.3 Å². The fraction of sp³-hybridized carbons (Fsp3) is 0.364. The zero-order chi connectivity index (χ0) is 19.3. The molecule has 1 atom stereocenters. The number of hydrogen-bond donors (Lipinski definition) is 1. The maximum Gasteiger partial charge on any atom is 0.183 e. The van der Waals surface area contributed by atoms with E-state index >= 15 is 0 Å². The molecule has 1 N–H and O–H groups in total. The largest absolute Gasteiger partial charge is 0.493 e. The van der Waals surface area contributed by atoms with Crippen LogP contribution < -0.4 is 9.47 Å². The number of piperidine rings is 1. The Morgan fingerprint density at radius 1 is 1.11 bits per heavy atom. The van der Waals surface area contributed by atoms with Crippen LogP contribution in [0.3, 0.4) is 0 Å². The van der Waals surface area contributed by atoms with Crippen LogP contribution >= 0.6 is 0 Å². The van der Waals surface area contributed by atoms with Gasteiger partial charge in [0.1, 0.15) is 11.5 Å². The summed E-state index contributed by atoms with van der Waals surface area (Å²) in [7, 11) is 3.32. The number of H-pyrrole nitrogens is 1. The molecular weight excluding hydrogens is 352 g/mol. The van der Waals surface area contributed by atoms with Gasteiger partial charge in [-0.1, -0.05) is 30.3 Å². The highest BCUT2D eigenvalue weighted by Crippen LogP contribution is 2.32. The topological polar surface area (TPSA) is 63.3 Å². The fourth-order valence-corrected chi connectivity index (χ4v) is 3.91. The van der Waals surface area contributed by atoms with E-state index in [4.69, 9.17) is 9.47 Å². The van der Waals surface area contributed by atoms with E-state index in [1.807, 2.05) is 30.5 Å². The summed E-state index contributed by atoms with van der Waals surface area (Å²) in [4.78, 5) is 15.1. The number of aromatic nitrogens is 3. The van der Waals surface area contributed by atoms with Crippen molar-refractivity contribution in [2.24, 2.45) is 0 Å². The molecule has 146 valence electrons. The summed E-state index contributed by atoms with van der Waals surface area (Å²) in [6.45, 7) is 2.73.